The predicted molar refractivity (Wildman–Crippen MR) is 109 cm³/mol. The molecule has 28 heavy (non-hydrogen) atoms. The number of anilines is 2. The topological polar surface area (TPSA) is 79.2 Å². The third-order valence-electron chi connectivity index (χ3n) is 4.95. The van der Waals surface area contributed by atoms with Crippen molar-refractivity contribution in [3.63, 3.8) is 0 Å². The van der Waals surface area contributed by atoms with E-state index in [-0.39, 0.29) is 5.91 Å². The van der Waals surface area contributed by atoms with Crippen molar-refractivity contribution in [2.45, 2.75) is 20.4 Å². The van der Waals surface area contributed by atoms with Gasteiger partial charge in [-0.15, -0.1) is 0 Å². The van der Waals surface area contributed by atoms with Gasteiger partial charge in [0, 0.05) is 44.5 Å². The number of nitrogens with zero attached hydrogens (tertiary/aromatic N) is 6. The number of hydrogen-bond acceptors (Lipinski definition) is 6. The Kier molecular flexibility index (Phi) is 5.10. The molecule has 0 bridgehead atoms. The SMILES string of the molecule is CCNc1cc(C)nc(N2CCN(C(=O)Cn3cnc4ccccc43)CC2)n1. The van der Waals surface area contributed by atoms with E-state index in [0.29, 0.717) is 19.6 Å². The molecule has 0 spiro atoms. The lowest BCUT2D eigenvalue weighted by atomic mass is 10.3. The van der Waals surface area contributed by atoms with Gasteiger partial charge < -0.3 is 19.7 Å². The number of amides is 1. The second-order valence-corrected chi connectivity index (χ2v) is 6.95. The zero-order valence-electron chi connectivity index (χ0n) is 16.3. The van der Waals surface area contributed by atoms with Crippen LogP contribution in [0, 0.1) is 6.92 Å². The molecule has 0 radical (unpaired) electrons. The minimum Gasteiger partial charge on any atom is -0.370 e. The fourth-order valence-electron chi connectivity index (χ4n) is 3.50. The number of aromatic nitrogens is 4. The average molecular weight is 379 g/mol. The van der Waals surface area contributed by atoms with E-state index in [1.54, 1.807) is 6.33 Å². The average Bonchev–Trinajstić information content (AvgIpc) is 3.11. The van der Waals surface area contributed by atoms with Gasteiger partial charge >= 0.3 is 0 Å². The van der Waals surface area contributed by atoms with Gasteiger partial charge in [0.25, 0.3) is 0 Å². The highest BCUT2D eigenvalue weighted by Crippen LogP contribution is 2.17. The Morgan fingerprint density at radius 2 is 1.93 bits per heavy atom. The maximum atomic E-state index is 12.8. The monoisotopic (exact) mass is 379 g/mol. The van der Waals surface area contributed by atoms with E-state index in [2.05, 4.69) is 25.2 Å². The zero-order chi connectivity index (χ0) is 19.5. The molecule has 1 aromatic carbocycles. The van der Waals surface area contributed by atoms with Gasteiger partial charge in [-0.25, -0.2) is 9.97 Å². The molecule has 2 aromatic heterocycles. The lowest BCUT2D eigenvalue weighted by Gasteiger charge is -2.35. The Morgan fingerprint density at radius 1 is 1.14 bits per heavy atom. The van der Waals surface area contributed by atoms with Gasteiger partial charge in [0.2, 0.25) is 11.9 Å². The van der Waals surface area contributed by atoms with Crippen molar-refractivity contribution in [1.82, 2.24) is 24.4 Å². The summed E-state index contributed by atoms with van der Waals surface area (Å²) in [6.45, 7) is 7.94. The number of imidazole rings is 1. The summed E-state index contributed by atoms with van der Waals surface area (Å²) in [5, 5.41) is 3.24. The molecule has 0 atom stereocenters. The van der Waals surface area contributed by atoms with Gasteiger partial charge in [-0.1, -0.05) is 12.1 Å². The summed E-state index contributed by atoms with van der Waals surface area (Å²) in [5.74, 6) is 1.68. The minimum atomic E-state index is 0.112. The van der Waals surface area contributed by atoms with Crippen molar-refractivity contribution >= 4 is 28.7 Å². The molecule has 3 aromatic rings. The number of rotatable bonds is 5. The molecular formula is C20H25N7O. The number of aryl methyl sites for hydroxylation is 1. The van der Waals surface area contributed by atoms with E-state index >= 15 is 0 Å². The van der Waals surface area contributed by atoms with Crippen LogP contribution in [0.15, 0.2) is 36.7 Å². The normalized spacial score (nSPS) is 14.5. The quantitative estimate of drug-likeness (QED) is 0.730. The van der Waals surface area contributed by atoms with Crippen molar-refractivity contribution in [3.05, 3.63) is 42.4 Å². The minimum absolute atomic E-state index is 0.112. The first-order valence-electron chi connectivity index (χ1n) is 9.66. The van der Waals surface area contributed by atoms with Gasteiger partial charge in [0.1, 0.15) is 12.4 Å². The lowest BCUT2D eigenvalue weighted by molar-refractivity contribution is -0.132. The van der Waals surface area contributed by atoms with Crippen molar-refractivity contribution in [3.8, 4) is 0 Å². The summed E-state index contributed by atoms with van der Waals surface area (Å²) in [4.78, 5) is 30.3. The van der Waals surface area contributed by atoms with Crippen LogP contribution in [0.5, 0.6) is 0 Å². The van der Waals surface area contributed by atoms with Crippen LogP contribution < -0.4 is 10.2 Å². The predicted octanol–water partition coefficient (Wildman–Crippen LogP) is 1.92. The zero-order valence-corrected chi connectivity index (χ0v) is 16.3. The molecule has 1 aliphatic heterocycles. The second kappa shape index (κ2) is 7.84. The molecule has 4 rings (SSSR count). The summed E-state index contributed by atoms with van der Waals surface area (Å²) in [6, 6.07) is 9.81. The highest BCUT2D eigenvalue weighted by Gasteiger charge is 2.23. The number of carbonyl (C=O) groups is 1. The van der Waals surface area contributed by atoms with Crippen LogP contribution in [0.3, 0.4) is 0 Å². The molecule has 3 heterocycles. The van der Waals surface area contributed by atoms with Crippen molar-refractivity contribution in [1.29, 1.82) is 0 Å². The molecule has 1 saturated heterocycles. The largest absolute Gasteiger partial charge is 0.370 e. The van der Waals surface area contributed by atoms with Crippen LogP contribution in [0.2, 0.25) is 0 Å². The fourth-order valence-corrected chi connectivity index (χ4v) is 3.50. The number of benzene rings is 1. The molecule has 8 nitrogen and oxygen atoms in total. The van der Waals surface area contributed by atoms with E-state index in [1.807, 2.05) is 53.6 Å². The number of para-hydroxylation sites is 2. The molecule has 0 unspecified atom stereocenters. The first-order chi connectivity index (χ1) is 13.6. The highest BCUT2D eigenvalue weighted by molar-refractivity contribution is 5.80. The van der Waals surface area contributed by atoms with Gasteiger partial charge in [-0.2, -0.15) is 4.98 Å². The first-order valence-corrected chi connectivity index (χ1v) is 9.66. The van der Waals surface area contributed by atoms with Gasteiger partial charge in [0.15, 0.2) is 0 Å². The van der Waals surface area contributed by atoms with Crippen LogP contribution in [0.4, 0.5) is 11.8 Å². The lowest BCUT2D eigenvalue weighted by Crippen LogP contribution is -2.50. The summed E-state index contributed by atoms with van der Waals surface area (Å²) >= 11 is 0. The van der Waals surface area contributed by atoms with Crippen LogP contribution in [0.1, 0.15) is 12.6 Å². The molecule has 0 aliphatic carbocycles. The molecule has 1 fully saturated rings. The highest BCUT2D eigenvalue weighted by atomic mass is 16.2. The summed E-state index contributed by atoms with van der Waals surface area (Å²) in [7, 11) is 0. The van der Waals surface area contributed by atoms with E-state index < -0.39 is 0 Å². The van der Waals surface area contributed by atoms with Crippen LogP contribution in [-0.2, 0) is 11.3 Å². The number of hydrogen-bond donors (Lipinski definition) is 1. The van der Waals surface area contributed by atoms with Crippen molar-refractivity contribution in [2.75, 3.05) is 42.9 Å². The summed E-state index contributed by atoms with van der Waals surface area (Å²) in [6.07, 6.45) is 1.74. The van der Waals surface area contributed by atoms with Crippen LogP contribution >= 0.6 is 0 Å². The third-order valence-corrected chi connectivity index (χ3v) is 4.95. The van der Waals surface area contributed by atoms with E-state index in [9.17, 15) is 4.79 Å². The number of piperazine rings is 1. The van der Waals surface area contributed by atoms with Crippen molar-refractivity contribution < 1.29 is 4.79 Å². The summed E-state index contributed by atoms with van der Waals surface area (Å²) < 4.78 is 1.91. The Bertz CT molecular complexity index is 976. The van der Waals surface area contributed by atoms with E-state index in [1.165, 1.54) is 0 Å². The van der Waals surface area contributed by atoms with Gasteiger partial charge in [-0.3, -0.25) is 4.79 Å². The molecule has 0 saturated carbocycles. The van der Waals surface area contributed by atoms with Crippen molar-refractivity contribution in [2.24, 2.45) is 0 Å². The number of carbonyl (C=O) groups excluding carboxylic acids is 1. The van der Waals surface area contributed by atoms with Gasteiger partial charge in [-0.05, 0) is 26.0 Å². The Balaban J connectivity index is 1.39. The smallest absolute Gasteiger partial charge is 0.242 e. The second-order valence-electron chi connectivity index (χ2n) is 6.95. The van der Waals surface area contributed by atoms with E-state index in [0.717, 1.165) is 48.1 Å². The fraction of sp³-hybridized carbons (Fsp3) is 0.400. The number of fused-ring (bicyclic) bond motifs is 1. The van der Waals surface area contributed by atoms with Crippen LogP contribution in [0.25, 0.3) is 11.0 Å². The maximum absolute atomic E-state index is 12.8. The molecule has 1 aliphatic rings. The Labute approximate surface area is 164 Å². The number of nitrogens with one attached hydrogen (secondary N) is 1. The molecule has 8 heteroatoms. The first kappa shape index (κ1) is 18.2. The Hall–Kier alpha value is -3.16. The van der Waals surface area contributed by atoms with Gasteiger partial charge in [0.05, 0.1) is 17.4 Å². The van der Waals surface area contributed by atoms with Crippen LogP contribution in [-0.4, -0.2) is 63.0 Å². The molecule has 146 valence electrons. The molecule has 1 amide bonds. The molecular weight excluding hydrogens is 354 g/mol. The molecule has 1 N–H and O–H groups in total. The summed E-state index contributed by atoms with van der Waals surface area (Å²) in [5.41, 5.74) is 2.83. The standard InChI is InChI=1S/C20H25N7O/c1-3-21-18-12-15(2)23-20(24-18)26-10-8-25(9-11-26)19(28)13-27-14-22-16-6-4-5-7-17(16)27/h4-7,12,14H,3,8-11,13H2,1-2H3,(H,21,23,24). The third kappa shape index (κ3) is 3.76. The van der Waals surface area contributed by atoms with E-state index in [4.69, 9.17) is 0 Å². The Morgan fingerprint density at radius 3 is 2.71 bits per heavy atom. The maximum Gasteiger partial charge on any atom is 0.242 e.